The normalized spacial score (nSPS) is 20.5. The van der Waals surface area contributed by atoms with Crippen LogP contribution in [0.5, 0.6) is 5.75 Å². The molecule has 1 aliphatic carbocycles. The molecule has 0 bridgehead atoms. The van der Waals surface area contributed by atoms with E-state index in [0.29, 0.717) is 17.9 Å². The van der Waals surface area contributed by atoms with Gasteiger partial charge in [0.15, 0.2) is 6.07 Å². The molecule has 0 unspecified atom stereocenters. The standard InChI is InChI=1S/C27H29NO5/c1-19(2)17-31-23(29)16-15-22-24(26(22,3)4)25(30)33-27(18-28,20-11-7-5-8-12-20)32-21-13-9-6-10-14-21/h5-16,19,22,24H,17H2,1-4H3/t22-,24-,27+/m0/s1. The first-order chi connectivity index (χ1) is 15.7. The molecule has 172 valence electrons. The van der Waals surface area contributed by atoms with Gasteiger partial charge in [-0.2, -0.15) is 5.26 Å². The van der Waals surface area contributed by atoms with Crippen LogP contribution in [0.2, 0.25) is 0 Å². The lowest BCUT2D eigenvalue weighted by atomic mass is 10.1. The summed E-state index contributed by atoms with van der Waals surface area (Å²) in [5.74, 6) is -3.06. The molecule has 1 saturated carbocycles. The molecular weight excluding hydrogens is 418 g/mol. The minimum atomic E-state index is -1.94. The van der Waals surface area contributed by atoms with E-state index in [1.54, 1.807) is 60.7 Å². The Kier molecular flexibility index (Phi) is 7.23. The Bertz CT molecular complexity index is 1040. The van der Waals surface area contributed by atoms with Gasteiger partial charge in [0.25, 0.3) is 0 Å². The van der Waals surface area contributed by atoms with Crippen LogP contribution >= 0.6 is 0 Å². The predicted molar refractivity (Wildman–Crippen MR) is 123 cm³/mol. The molecule has 0 heterocycles. The summed E-state index contributed by atoms with van der Waals surface area (Å²) in [4.78, 5) is 25.2. The van der Waals surface area contributed by atoms with Gasteiger partial charge in [-0.05, 0) is 29.4 Å². The summed E-state index contributed by atoms with van der Waals surface area (Å²) >= 11 is 0. The molecule has 6 nitrogen and oxygen atoms in total. The zero-order chi connectivity index (χ0) is 24.1. The lowest BCUT2D eigenvalue weighted by Crippen LogP contribution is -2.38. The predicted octanol–water partition coefficient (Wildman–Crippen LogP) is 5.01. The monoisotopic (exact) mass is 447 g/mol. The molecular formula is C27H29NO5. The van der Waals surface area contributed by atoms with Crippen LogP contribution in [-0.4, -0.2) is 18.5 Å². The molecule has 3 atom stereocenters. The quantitative estimate of drug-likeness (QED) is 0.305. The SMILES string of the molecule is CC(C)COC(=O)C=C[C@H]1[C@@H](C(=O)O[C@@](C#N)(Oc2ccccc2)c2ccccc2)C1(C)C. The lowest BCUT2D eigenvalue weighted by molar-refractivity contribution is -0.186. The van der Waals surface area contributed by atoms with Gasteiger partial charge in [-0.25, -0.2) is 4.79 Å². The summed E-state index contributed by atoms with van der Waals surface area (Å²) in [6, 6.07) is 19.5. The maximum atomic E-state index is 13.2. The van der Waals surface area contributed by atoms with Crippen LogP contribution < -0.4 is 4.74 Å². The van der Waals surface area contributed by atoms with Gasteiger partial charge in [0, 0.05) is 6.08 Å². The lowest BCUT2D eigenvalue weighted by Gasteiger charge is -2.28. The van der Waals surface area contributed by atoms with E-state index in [1.807, 2.05) is 33.8 Å². The smallest absolute Gasteiger partial charge is 0.372 e. The number of nitrogens with zero attached hydrogens (tertiary/aromatic N) is 1. The molecule has 1 aliphatic rings. The number of rotatable bonds is 9. The Morgan fingerprint density at radius 1 is 1.09 bits per heavy atom. The third-order valence-corrected chi connectivity index (χ3v) is 5.71. The highest BCUT2D eigenvalue weighted by molar-refractivity contribution is 5.83. The minimum absolute atomic E-state index is 0.222. The maximum absolute atomic E-state index is 13.2. The van der Waals surface area contributed by atoms with Gasteiger partial charge in [-0.1, -0.05) is 82.3 Å². The van der Waals surface area contributed by atoms with E-state index in [-0.39, 0.29) is 11.8 Å². The molecule has 2 aromatic carbocycles. The first kappa shape index (κ1) is 24.1. The maximum Gasteiger partial charge on any atom is 0.372 e. The number of hydrogen-bond acceptors (Lipinski definition) is 6. The second kappa shape index (κ2) is 9.91. The van der Waals surface area contributed by atoms with Crippen LogP contribution in [0.4, 0.5) is 0 Å². The zero-order valence-electron chi connectivity index (χ0n) is 19.4. The topological polar surface area (TPSA) is 85.6 Å². The molecule has 0 amide bonds. The largest absolute Gasteiger partial charge is 0.462 e. The average molecular weight is 448 g/mol. The number of nitriles is 1. The second-order valence-corrected chi connectivity index (χ2v) is 9.14. The number of carbonyl (C=O) groups excluding carboxylic acids is 2. The first-order valence-electron chi connectivity index (χ1n) is 11.0. The number of allylic oxidation sites excluding steroid dienone is 1. The van der Waals surface area contributed by atoms with Crippen molar-refractivity contribution >= 4 is 11.9 Å². The number of carbonyl (C=O) groups is 2. The molecule has 3 rings (SSSR count). The number of esters is 2. The summed E-state index contributed by atoms with van der Waals surface area (Å²) in [6.45, 7) is 8.09. The number of benzene rings is 2. The van der Waals surface area contributed by atoms with Crippen molar-refractivity contribution in [2.24, 2.45) is 23.2 Å². The molecule has 0 spiro atoms. The van der Waals surface area contributed by atoms with Gasteiger partial charge in [0.1, 0.15) is 5.75 Å². The number of para-hydroxylation sites is 1. The minimum Gasteiger partial charge on any atom is -0.462 e. The Labute approximate surface area is 194 Å². The van der Waals surface area contributed by atoms with Crippen LogP contribution in [0.15, 0.2) is 72.8 Å². The Morgan fingerprint density at radius 2 is 1.70 bits per heavy atom. The first-order valence-corrected chi connectivity index (χ1v) is 11.0. The van der Waals surface area contributed by atoms with Crippen molar-refractivity contribution in [3.63, 3.8) is 0 Å². The van der Waals surface area contributed by atoms with Crippen molar-refractivity contribution in [3.8, 4) is 11.8 Å². The third-order valence-electron chi connectivity index (χ3n) is 5.71. The van der Waals surface area contributed by atoms with E-state index in [9.17, 15) is 14.9 Å². The van der Waals surface area contributed by atoms with E-state index >= 15 is 0 Å². The van der Waals surface area contributed by atoms with E-state index in [2.05, 4.69) is 6.07 Å². The third kappa shape index (κ3) is 5.61. The average Bonchev–Trinajstić information content (AvgIpc) is 3.37. The van der Waals surface area contributed by atoms with Crippen LogP contribution in [0.1, 0.15) is 33.3 Å². The zero-order valence-corrected chi connectivity index (χ0v) is 19.4. The molecule has 0 aromatic heterocycles. The van der Waals surface area contributed by atoms with Crippen molar-refractivity contribution in [1.29, 1.82) is 5.26 Å². The molecule has 33 heavy (non-hydrogen) atoms. The van der Waals surface area contributed by atoms with Crippen molar-refractivity contribution in [1.82, 2.24) is 0 Å². The van der Waals surface area contributed by atoms with Gasteiger partial charge >= 0.3 is 17.7 Å². The molecule has 0 radical (unpaired) electrons. The van der Waals surface area contributed by atoms with Gasteiger partial charge in [0.2, 0.25) is 0 Å². The highest BCUT2D eigenvalue weighted by atomic mass is 16.7. The van der Waals surface area contributed by atoms with E-state index in [1.165, 1.54) is 6.08 Å². The van der Waals surface area contributed by atoms with Crippen LogP contribution in [0.3, 0.4) is 0 Å². The fourth-order valence-corrected chi connectivity index (χ4v) is 3.73. The Balaban J connectivity index is 1.80. The second-order valence-electron chi connectivity index (χ2n) is 9.14. The van der Waals surface area contributed by atoms with Crippen molar-refractivity contribution in [2.45, 2.75) is 33.5 Å². The Hall–Kier alpha value is -3.59. The fraction of sp³-hybridized carbons (Fsp3) is 0.370. The summed E-state index contributed by atoms with van der Waals surface area (Å²) in [7, 11) is 0. The van der Waals surface area contributed by atoms with E-state index in [0.717, 1.165) is 0 Å². The van der Waals surface area contributed by atoms with Crippen molar-refractivity contribution in [3.05, 3.63) is 78.4 Å². The van der Waals surface area contributed by atoms with Crippen LogP contribution in [0, 0.1) is 34.5 Å². The van der Waals surface area contributed by atoms with Gasteiger partial charge < -0.3 is 14.2 Å². The number of ether oxygens (including phenoxy) is 3. The highest BCUT2D eigenvalue weighted by Crippen LogP contribution is 2.60. The molecule has 1 fully saturated rings. The van der Waals surface area contributed by atoms with Crippen molar-refractivity contribution < 1.29 is 23.8 Å². The fourth-order valence-electron chi connectivity index (χ4n) is 3.73. The summed E-state index contributed by atoms with van der Waals surface area (Å²) in [5.41, 5.74) is -0.0243. The Morgan fingerprint density at radius 3 is 2.27 bits per heavy atom. The molecule has 0 aliphatic heterocycles. The van der Waals surface area contributed by atoms with Crippen LogP contribution in [-0.2, 0) is 24.8 Å². The number of hydrogen-bond donors (Lipinski definition) is 0. The summed E-state index contributed by atoms with van der Waals surface area (Å²) in [6.07, 6.45) is 3.04. The van der Waals surface area contributed by atoms with Gasteiger partial charge in [-0.15, -0.1) is 0 Å². The summed E-state index contributed by atoms with van der Waals surface area (Å²) < 4.78 is 16.9. The van der Waals surface area contributed by atoms with E-state index in [4.69, 9.17) is 14.2 Å². The summed E-state index contributed by atoms with van der Waals surface area (Å²) in [5, 5.41) is 10.1. The highest BCUT2D eigenvalue weighted by Gasteiger charge is 2.62. The molecule has 0 saturated heterocycles. The molecule has 2 aromatic rings. The molecule has 6 heteroatoms. The van der Waals surface area contributed by atoms with Gasteiger partial charge in [0.05, 0.1) is 18.1 Å². The van der Waals surface area contributed by atoms with Crippen LogP contribution in [0.25, 0.3) is 0 Å². The van der Waals surface area contributed by atoms with Gasteiger partial charge in [-0.3, -0.25) is 4.79 Å². The molecule has 0 N–H and O–H groups in total. The van der Waals surface area contributed by atoms with Crippen molar-refractivity contribution in [2.75, 3.05) is 6.61 Å². The van der Waals surface area contributed by atoms with E-state index < -0.39 is 29.1 Å².